The Hall–Kier alpha value is -3.00. The van der Waals surface area contributed by atoms with Crippen molar-refractivity contribution in [1.29, 1.82) is 0 Å². The molecule has 0 saturated heterocycles. The number of allylic oxidation sites excluding steroid dienone is 4. The summed E-state index contributed by atoms with van der Waals surface area (Å²) in [6.45, 7) is 15.6. The van der Waals surface area contributed by atoms with Crippen molar-refractivity contribution in [3.05, 3.63) is 58.2 Å². The molecular formula is C32H45NO6Si. The molecule has 0 saturated carbocycles. The molecule has 8 heteroatoms. The van der Waals surface area contributed by atoms with E-state index in [1.807, 2.05) is 19.1 Å². The molecule has 2 aliphatic carbocycles. The van der Waals surface area contributed by atoms with E-state index in [0.717, 1.165) is 47.9 Å². The van der Waals surface area contributed by atoms with Gasteiger partial charge in [0.25, 0.3) is 8.32 Å². The second kappa shape index (κ2) is 11.5. The molecule has 1 N–H and O–H groups in total. The van der Waals surface area contributed by atoms with Crippen molar-refractivity contribution in [3.8, 4) is 11.5 Å². The number of cyclic esters (lactones) is 1. The Labute approximate surface area is 240 Å². The number of amides is 1. The first-order valence-corrected chi connectivity index (χ1v) is 17.2. The predicted octanol–water partition coefficient (Wildman–Crippen LogP) is 7.33. The molecule has 4 rings (SSSR count). The van der Waals surface area contributed by atoms with Gasteiger partial charge in [0.1, 0.15) is 29.8 Å². The number of alkyl carbamates (subject to hydrolysis) is 1. The van der Waals surface area contributed by atoms with Crippen LogP contribution in [0, 0.1) is 12.3 Å². The van der Waals surface area contributed by atoms with Crippen LogP contribution in [0.5, 0.6) is 11.5 Å². The first-order valence-electron chi connectivity index (χ1n) is 14.3. The molecule has 0 bridgehead atoms. The topological polar surface area (TPSA) is 83.1 Å². The molecular weight excluding hydrogens is 522 g/mol. The molecule has 1 aromatic carbocycles. The predicted molar refractivity (Wildman–Crippen MR) is 160 cm³/mol. The van der Waals surface area contributed by atoms with Crippen LogP contribution in [0.3, 0.4) is 0 Å². The molecule has 0 unspecified atom stereocenters. The number of carbonyl (C=O) groups excluding carboxylic acids is 2. The van der Waals surface area contributed by atoms with Gasteiger partial charge in [-0.15, -0.1) is 0 Å². The number of nitrogens with one attached hydrogen (secondary N) is 1. The Bertz CT molecular complexity index is 1260. The summed E-state index contributed by atoms with van der Waals surface area (Å²) in [5, 5.41) is 2.89. The van der Waals surface area contributed by atoms with E-state index in [9.17, 15) is 9.59 Å². The maximum atomic E-state index is 13.2. The third-order valence-corrected chi connectivity index (χ3v) is 13.2. The van der Waals surface area contributed by atoms with E-state index in [-0.39, 0.29) is 23.0 Å². The van der Waals surface area contributed by atoms with Gasteiger partial charge >= 0.3 is 12.1 Å². The fourth-order valence-electron chi connectivity index (χ4n) is 5.30. The second-order valence-electron chi connectivity index (χ2n) is 13.0. The van der Waals surface area contributed by atoms with Crippen LogP contribution in [0.4, 0.5) is 4.79 Å². The average Bonchev–Trinajstić information content (AvgIpc) is 3.55. The van der Waals surface area contributed by atoms with Crippen LogP contribution in [-0.4, -0.2) is 40.1 Å². The maximum absolute atomic E-state index is 13.2. The standard InChI is InChI=1S/C32H45NO6Si/c1-21-24-19-37-29(34)26(24)28(39-40(7,8)31(2,3)4)23(27(21)36-6)18-25(22-14-10-11-15-22)38-30(35)33-20-32(5)16-12-9-13-17-32/h9,12-14,16,25H,10-11,15,17-20H2,1-8H3,(H,33,35)/t25-,32+/m1/s1. The monoisotopic (exact) mass is 567 g/mol. The number of ether oxygens (including phenoxy) is 3. The van der Waals surface area contributed by atoms with E-state index in [1.54, 1.807) is 7.11 Å². The highest BCUT2D eigenvalue weighted by atomic mass is 28.4. The summed E-state index contributed by atoms with van der Waals surface area (Å²) in [5.74, 6) is 0.796. The van der Waals surface area contributed by atoms with E-state index in [2.05, 4.69) is 64.3 Å². The maximum Gasteiger partial charge on any atom is 0.407 e. The summed E-state index contributed by atoms with van der Waals surface area (Å²) < 4.78 is 24.5. The number of benzene rings is 1. The van der Waals surface area contributed by atoms with Crippen LogP contribution in [0.25, 0.3) is 0 Å². The molecule has 0 aromatic heterocycles. The lowest BCUT2D eigenvalue weighted by atomic mass is 9.84. The summed E-state index contributed by atoms with van der Waals surface area (Å²) >= 11 is 0. The van der Waals surface area contributed by atoms with Crippen LogP contribution in [0.2, 0.25) is 18.1 Å². The van der Waals surface area contributed by atoms with E-state index in [0.29, 0.717) is 30.0 Å². The molecule has 1 aliphatic heterocycles. The van der Waals surface area contributed by atoms with Gasteiger partial charge in [-0.1, -0.05) is 58.1 Å². The van der Waals surface area contributed by atoms with E-state index in [1.165, 1.54) is 0 Å². The fourth-order valence-corrected chi connectivity index (χ4v) is 6.34. The van der Waals surface area contributed by atoms with Gasteiger partial charge < -0.3 is 24.0 Å². The van der Waals surface area contributed by atoms with Crippen molar-refractivity contribution in [2.75, 3.05) is 13.7 Å². The van der Waals surface area contributed by atoms with E-state index in [4.69, 9.17) is 18.6 Å². The van der Waals surface area contributed by atoms with Crippen molar-refractivity contribution in [2.45, 2.75) is 97.6 Å². The smallest absolute Gasteiger partial charge is 0.407 e. The lowest BCUT2D eigenvalue weighted by Gasteiger charge is -2.38. The van der Waals surface area contributed by atoms with Gasteiger partial charge in [0.15, 0.2) is 0 Å². The molecule has 1 amide bonds. The van der Waals surface area contributed by atoms with Gasteiger partial charge in [-0.05, 0) is 61.9 Å². The minimum absolute atomic E-state index is 0.0968. The zero-order valence-corrected chi connectivity index (χ0v) is 26.4. The Morgan fingerprint density at radius 2 is 1.98 bits per heavy atom. The Kier molecular flexibility index (Phi) is 8.59. The average molecular weight is 568 g/mol. The highest BCUT2D eigenvalue weighted by molar-refractivity contribution is 6.74. The SMILES string of the molecule is COc1c(C)c2c(c(O[Si](C)(C)C(C)(C)C)c1C[C@@H](OC(=O)NC[C@@]1(C)C=CC=CC1)C1=CCCC1)C(=O)OC2. The van der Waals surface area contributed by atoms with Crippen LogP contribution in [0.1, 0.15) is 80.4 Å². The summed E-state index contributed by atoms with van der Waals surface area (Å²) in [6.07, 6.45) is 13.5. The zero-order valence-electron chi connectivity index (χ0n) is 25.4. The van der Waals surface area contributed by atoms with Gasteiger partial charge in [0, 0.05) is 29.5 Å². The molecule has 2 atom stereocenters. The third-order valence-electron chi connectivity index (χ3n) is 8.88. The Morgan fingerprint density at radius 1 is 1.23 bits per heavy atom. The van der Waals surface area contributed by atoms with Crippen LogP contribution >= 0.6 is 0 Å². The van der Waals surface area contributed by atoms with Crippen molar-refractivity contribution in [3.63, 3.8) is 0 Å². The molecule has 40 heavy (non-hydrogen) atoms. The summed E-state index contributed by atoms with van der Waals surface area (Å²) in [4.78, 5) is 26.2. The number of fused-ring (bicyclic) bond motifs is 1. The van der Waals surface area contributed by atoms with Crippen LogP contribution in [-0.2, 0) is 22.5 Å². The van der Waals surface area contributed by atoms with E-state index >= 15 is 0 Å². The van der Waals surface area contributed by atoms with Crippen molar-refractivity contribution >= 4 is 20.4 Å². The number of rotatable bonds is 9. The largest absolute Gasteiger partial charge is 0.543 e. The number of hydrogen-bond acceptors (Lipinski definition) is 6. The summed E-state index contributed by atoms with van der Waals surface area (Å²) in [5.41, 5.74) is 3.82. The molecule has 1 aromatic rings. The van der Waals surface area contributed by atoms with Crippen molar-refractivity contribution in [1.82, 2.24) is 5.32 Å². The highest BCUT2D eigenvalue weighted by Crippen LogP contribution is 2.47. The summed E-state index contributed by atoms with van der Waals surface area (Å²) in [7, 11) is -0.732. The number of hydrogen-bond donors (Lipinski definition) is 1. The minimum Gasteiger partial charge on any atom is -0.543 e. The summed E-state index contributed by atoms with van der Waals surface area (Å²) in [6, 6.07) is 0. The number of methoxy groups -OCH3 is 1. The zero-order chi connectivity index (χ0) is 29.3. The van der Waals surface area contributed by atoms with Gasteiger partial charge in [-0.2, -0.15) is 0 Å². The molecule has 3 aliphatic rings. The van der Waals surface area contributed by atoms with Crippen molar-refractivity contribution in [2.24, 2.45) is 5.41 Å². The third kappa shape index (κ3) is 6.17. The van der Waals surface area contributed by atoms with Gasteiger partial charge in [-0.25, -0.2) is 9.59 Å². The normalized spacial score (nSPS) is 21.0. The lowest BCUT2D eigenvalue weighted by molar-refractivity contribution is 0.0533. The van der Waals surface area contributed by atoms with Crippen molar-refractivity contribution < 1.29 is 28.2 Å². The fraction of sp³-hybridized carbons (Fsp3) is 0.562. The Balaban J connectivity index is 1.71. The Morgan fingerprint density at radius 3 is 2.58 bits per heavy atom. The molecule has 7 nitrogen and oxygen atoms in total. The number of carbonyl (C=O) groups is 2. The first-order chi connectivity index (χ1) is 18.8. The van der Waals surface area contributed by atoms with Crippen LogP contribution in [0.15, 0.2) is 36.0 Å². The van der Waals surface area contributed by atoms with E-state index < -0.39 is 20.5 Å². The molecule has 0 radical (unpaired) electrons. The highest BCUT2D eigenvalue weighted by Gasteiger charge is 2.43. The number of esters is 1. The molecule has 0 spiro atoms. The molecule has 218 valence electrons. The molecule has 0 fully saturated rings. The van der Waals surface area contributed by atoms with Crippen LogP contribution < -0.4 is 14.5 Å². The molecule has 1 heterocycles. The first kappa shape index (κ1) is 30.0. The lowest BCUT2D eigenvalue weighted by Crippen LogP contribution is -2.44. The minimum atomic E-state index is -2.37. The van der Waals surface area contributed by atoms with Gasteiger partial charge in [0.2, 0.25) is 0 Å². The van der Waals surface area contributed by atoms with Gasteiger partial charge in [-0.3, -0.25) is 0 Å². The second-order valence-corrected chi connectivity index (χ2v) is 17.8. The van der Waals surface area contributed by atoms with Gasteiger partial charge in [0.05, 0.1) is 7.11 Å². The quantitative estimate of drug-likeness (QED) is 0.191.